The minimum Gasteiger partial charge on any atom is -0.208 e. The third kappa shape index (κ3) is 6.18. The first-order valence-electron chi connectivity index (χ1n) is 17.0. The van der Waals surface area contributed by atoms with Gasteiger partial charge in [-0.15, -0.1) is 0 Å². The highest BCUT2D eigenvalue weighted by molar-refractivity contribution is 7.99. The number of fused-ring (bicyclic) bond motifs is 6. The highest BCUT2D eigenvalue weighted by Gasteiger charge is 2.18. The van der Waals surface area contributed by atoms with E-state index < -0.39 is 0 Å². The summed E-state index contributed by atoms with van der Waals surface area (Å²) in [7, 11) is 0. The van der Waals surface area contributed by atoms with Crippen molar-refractivity contribution < 1.29 is 0 Å². The highest BCUT2D eigenvalue weighted by Crippen LogP contribution is 2.44. The van der Waals surface area contributed by atoms with E-state index in [4.69, 9.17) is 15.0 Å². The molecule has 0 spiro atoms. The van der Waals surface area contributed by atoms with Crippen LogP contribution in [0.5, 0.6) is 0 Å². The molecule has 0 saturated heterocycles. The van der Waals surface area contributed by atoms with Gasteiger partial charge in [-0.2, -0.15) is 0 Å². The molecule has 0 unspecified atom stereocenters. The molecular formula is C47H31N3S. The van der Waals surface area contributed by atoms with E-state index in [0.29, 0.717) is 17.5 Å². The molecule has 1 aliphatic heterocycles. The summed E-state index contributed by atoms with van der Waals surface area (Å²) in [5.74, 6) is 1.91. The van der Waals surface area contributed by atoms with Gasteiger partial charge in [0.2, 0.25) is 0 Å². The van der Waals surface area contributed by atoms with Crippen LogP contribution in [0.2, 0.25) is 0 Å². The molecule has 2 heterocycles. The number of hydrogen-bond donors (Lipinski definition) is 0. The second-order valence-corrected chi connectivity index (χ2v) is 13.5. The lowest BCUT2D eigenvalue weighted by Gasteiger charge is -2.15. The van der Waals surface area contributed by atoms with Gasteiger partial charge in [0.05, 0.1) is 0 Å². The van der Waals surface area contributed by atoms with Crippen molar-refractivity contribution in [1.29, 1.82) is 0 Å². The van der Waals surface area contributed by atoms with Gasteiger partial charge in [0.1, 0.15) is 0 Å². The number of nitrogens with zero attached hydrogens (tertiary/aromatic N) is 3. The first kappa shape index (κ1) is 30.7. The molecular weight excluding hydrogens is 639 g/mol. The van der Waals surface area contributed by atoms with Crippen LogP contribution >= 0.6 is 11.8 Å². The minimum atomic E-state index is 0.632. The van der Waals surface area contributed by atoms with Crippen LogP contribution < -0.4 is 0 Å². The lowest BCUT2D eigenvalue weighted by Crippen LogP contribution is -2.00. The summed E-state index contributed by atoms with van der Waals surface area (Å²) in [5.41, 5.74) is 12.2. The Morgan fingerprint density at radius 2 is 0.706 bits per heavy atom. The van der Waals surface area contributed by atoms with E-state index in [2.05, 4.69) is 152 Å². The predicted molar refractivity (Wildman–Crippen MR) is 212 cm³/mol. The van der Waals surface area contributed by atoms with Crippen LogP contribution in [0.3, 0.4) is 0 Å². The first-order chi connectivity index (χ1) is 25.3. The van der Waals surface area contributed by atoms with Crippen molar-refractivity contribution in [2.24, 2.45) is 0 Å². The van der Waals surface area contributed by atoms with E-state index in [0.717, 1.165) is 33.4 Å². The Labute approximate surface area is 302 Å². The summed E-state index contributed by atoms with van der Waals surface area (Å²) in [6.07, 6.45) is 4.47. The van der Waals surface area contributed by atoms with Gasteiger partial charge in [0, 0.05) is 26.5 Å². The van der Waals surface area contributed by atoms with Gasteiger partial charge in [-0.3, -0.25) is 0 Å². The summed E-state index contributed by atoms with van der Waals surface area (Å²) < 4.78 is 0. The quantitative estimate of drug-likeness (QED) is 0.187. The average molecular weight is 670 g/mol. The van der Waals surface area contributed by atoms with Crippen LogP contribution in [0.4, 0.5) is 0 Å². The van der Waals surface area contributed by atoms with Gasteiger partial charge in [-0.05, 0) is 62.7 Å². The molecule has 7 aromatic carbocycles. The topological polar surface area (TPSA) is 38.7 Å². The zero-order chi connectivity index (χ0) is 34.0. The molecule has 0 saturated carbocycles. The Balaban J connectivity index is 1.21. The SMILES string of the molecule is C1=C\c2ccc(-c3nc(-c4ccccc4)nc(-c4ccc(-c5ccccc5)cc4)n3)cc2-c2ccccc2Sc2ccccc2-c2ccccc2/1. The third-order valence-corrected chi connectivity index (χ3v) is 10.4. The fraction of sp³-hybridized carbons (Fsp3) is 0. The second-order valence-electron chi connectivity index (χ2n) is 12.4. The van der Waals surface area contributed by atoms with Gasteiger partial charge >= 0.3 is 0 Å². The van der Waals surface area contributed by atoms with Crippen molar-refractivity contribution in [3.8, 4) is 67.5 Å². The highest BCUT2D eigenvalue weighted by atomic mass is 32.2. The Kier molecular flexibility index (Phi) is 8.13. The van der Waals surface area contributed by atoms with Crippen LogP contribution in [0.1, 0.15) is 11.1 Å². The maximum atomic E-state index is 5.11. The third-order valence-electron chi connectivity index (χ3n) is 9.21. The number of hydrogen-bond acceptors (Lipinski definition) is 4. The van der Waals surface area contributed by atoms with Crippen molar-refractivity contribution in [2.75, 3.05) is 0 Å². The van der Waals surface area contributed by atoms with E-state index in [1.807, 2.05) is 48.2 Å². The van der Waals surface area contributed by atoms with Crippen LogP contribution in [-0.4, -0.2) is 15.0 Å². The maximum absolute atomic E-state index is 5.11. The Morgan fingerprint density at radius 3 is 1.35 bits per heavy atom. The van der Waals surface area contributed by atoms with E-state index >= 15 is 0 Å². The van der Waals surface area contributed by atoms with E-state index in [1.54, 1.807) is 0 Å². The Hall–Kier alpha value is -6.36. The van der Waals surface area contributed by atoms with Crippen LogP contribution in [0, 0.1) is 0 Å². The molecule has 240 valence electrons. The average Bonchev–Trinajstić information content (AvgIpc) is 3.23. The minimum absolute atomic E-state index is 0.632. The fourth-order valence-electron chi connectivity index (χ4n) is 6.61. The molecule has 1 aromatic heterocycles. The summed E-state index contributed by atoms with van der Waals surface area (Å²) in [4.78, 5) is 17.6. The zero-order valence-corrected chi connectivity index (χ0v) is 28.5. The second kappa shape index (κ2) is 13.5. The van der Waals surface area contributed by atoms with Crippen LogP contribution in [0.15, 0.2) is 186 Å². The molecule has 0 radical (unpaired) electrons. The molecule has 0 N–H and O–H groups in total. The van der Waals surface area contributed by atoms with Gasteiger partial charge < -0.3 is 0 Å². The molecule has 0 atom stereocenters. The smallest absolute Gasteiger partial charge is 0.164 e. The summed E-state index contributed by atoms with van der Waals surface area (Å²) in [6, 6.07) is 61.5. The molecule has 0 aliphatic carbocycles. The zero-order valence-electron chi connectivity index (χ0n) is 27.6. The molecule has 4 heteroatoms. The standard InChI is InChI=1S/C47H31N3S/c1-3-13-32(14-4-1)33-23-28-37(29-24-33)46-48-45(36-16-5-2-6-17-36)49-47(50-46)38-30-27-35-26-25-34-15-7-8-18-39(34)40-19-9-11-21-43(40)51-44-22-12-10-20-41(44)42(35)31-38/h1-31H/b26-25-. The van der Waals surface area contributed by atoms with Gasteiger partial charge in [0.15, 0.2) is 17.5 Å². The van der Waals surface area contributed by atoms with Gasteiger partial charge in [0.25, 0.3) is 0 Å². The number of aromatic nitrogens is 3. The molecule has 3 nitrogen and oxygen atoms in total. The maximum Gasteiger partial charge on any atom is 0.164 e. The fourth-order valence-corrected chi connectivity index (χ4v) is 7.71. The van der Waals surface area contributed by atoms with Crippen molar-refractivity contribution in [3.63, 3.8) is 0 Å². The van der Waals surface area contributed by atoms with Gasteiger partial charge in [-0.1, -0.05) is 182 Å². The molecule has 0 fully saturated rings. The van der Waals surface area contributed by atoms with Crippen molar-refractivity contribution in [3.05, 3.63) is 187 Å². The van der Waals surface area contributed by atoms with Crippen LogP contribution in [0.25, 0.3) is 79.7 Å². The summed E-state index contributed by atoms with van der Waals surface area (Å²) >= 11 is 1.81. The lowest BCUT2D eigenvalue weighted by molar-refractivity contribution is 1.07. The molecule has 9 rings (SSSR count). The largest absolute Gasteiger partial charge is 0.208 e. The molecule has 1 aliphatic rings. The van der Waals surface area contributed by atoms with Crippen LogP contribution in [-0.2, 0) is 0 Å². The van der Waals surface area contributed by atoms with E-state index in [1.165, 1.54) is 37.6 Å². The number of rotatable bonds is 4. The Bertz CT molecular complexity index is 2540. The summed E-state index contributed by atoms with van der Waals surface area (Å²) in [6.45, 7) is 0. The summed E-state index contributed by atoms with van der Waals surface area (Å²) in [5, 5.41) is 0. The first-order valence-corrected chi connectivity index (χ1v) is 17.8. The molecule has 8 aromatic rings. The molecule has 0 bridgehead atoms. The van der Waals surface area contributed by atoms with Gasteiger partial charge in [-0.25, -0.2) is 15.0 Å². The van der Waals surface area contributed by atoms with Crippen molar-refractivity contribution in [1.82, 2.24) is 15.0 Å². The lowest BCUT2D eigenvalue weighted by atomic mass is 9.95. The van der Waals surface area contributed by atoms with E-state index in [-0.39, 0.29) is 0 Å². The van der Waals surface area contributed by atoms with E-state index in [9.17, 15) is 0 Å². The van der Waals surface area contributed by atoms with Crippen molar-refractivity contribution >= 4 is 23.9 Å². The van der Waals surface area contributed by atoms with Crippen molar-refractivity contribution in [2.45, 2.75) is 9.79 Å². The Morgan fingerprint density at radius 1 is 0.294 bits per heavy atom. The predicted octanol–water partition coefficient (Wildman–Crippen LogP) is 12.5. The molecule has 0 amide bonds. The normalized spacial score (nSPS) is 12.4. The monoisotopic (exact) mass is 669 g/mol. The molecule has 51 heavy (non-hydrogen) atoms. The number of benzene rings is 7.